The molecule has 0 aliphatic carbocycles. The van der Waals surface area contributed by atoms with Gasteiger partial charge in [-0.15, -0.1) is 0 Å². The van der Waals surface area contributed by atoms with Gasteiger partial charge in [0.05, 0.1) is 0 Å². The average molecular weight is 196 g/mol. The van der Waals surface area contributed by atoms with E-state index in [2.05, 4.69) is 47.5 Å². The van der Waals surface area contributed by atoms with E-state index >= 15 is 0 Å². The van der Waals surface area contributed by atoms with Crippen LogP contribution in [0.4, 0.5) is 0 Å². The standard InChI is InChI=1S/2C5H6S/c2*1-5-2-3-6-4-5/h2*2-4H,1H3. The van der Waals surface area contributed by atoms with Gasteiger partial charge >= 0.3 is 0 Å². The fourth-order valence-electron chi connectivity index (χ4n) is 0.665. The summed E-state index contributed by atoms with van der Waals surface area (Å²) in [5, 5.41) is 8.41. The van der Waals surface area contributed by atoms with Crippen LogP contribution in [0, 0.1) is 13.8 Å². The van der Waals surface area contributed by atoms with Crippen LogP contribution in [0.1, 0.15) is 11.1 Å². The van der Waals surface area contributed by atoms with Gasteiger partial charge in [-0.2, -0.15) is 22.7 Å². The van der Waals surface area contributed by atoms with E-state index < -0.39 is 0 Å². The molecule has 0 saturated heterocycles. The molecule has 0 atom stereocenters. The van der Waals surface area contributed by atoms with Crippen molar-refractivity contribution >= 4 is 22.7 Å². The number of hydrogen-bond donors (Lipinski definition) is 0. The van der Waals surface area contributed by atoms with E-state index in [0.717, 1.165) is 0 Å². The fraction of sp³-hybridized carbons (Fsp3) is 0.200. The molecule has 0 spiro atoms. The van der Waals surface area contributed by atoms with Crippen molar-refractivity contribution < 1.29 is 0 Å². The number of hydrogen-bond acceptors (Lipinski definition) is 2. The lowest BCUT2D eigenvalue weighted by Crippen LogP contribution is -1.47. The molecule has 0 aromatic carbocycles. The van der Waals surface area contributed by atoms with Gasteiger partial charge in [0.2, 0.25) is 0 Å². The van der Waals surface area contributed by atoms with Crippen LogP contribution in [0.3, 0.4) is 0 Å². The first-order valence-electron chi connectivity index (χ1n) is 3.76. The summed E-state index contributed by atoms with van der Waals surface area (Å²) < 4.78 is 0. The monoisotopic (exact) mass is 196 g/mol. The summed E-state index contributed by atoms with van der Waals surface area (Å²) in [5.41, 5.74) is 2.72. The van der Waals surface area contributed by atoms with Crippen LogP contribution in [-0.2, 0) is 0 Å². The van der Waals surface area contributed by atoms with Gasteiger partial charge in [0.1, 0.15) is 0 Å². The Balaban J connectivity index is 0.000000120. The summed E-state index contributed by atoms with van der Waals surface area (Å²) in [4.78, 5) is 0. The molecular formula is C10H12S2. The van der Waals surface area contributed by atoms with Crippen molar-refractivity contribution in [2.75, 3.05) is 0 Å². The maximum atomic E-state index is 2.12. The molecule has 0 aliphatic rings. The van der Waals surface area contributed by atoms with Crippen molar-refractivity contribution in [1.82, 2.24) is 0 Å². The van der Waals surface area contributed by atoms with Crippen LogP contribution in [0.25, 0.3) is 0 Å². The molecule has 0 unspecified atom stereocenters. The Morgan fingerprint density at radius 3 is 1.33 bits per heavy atom. The molecule has 2 rings (SSSR count). The zero-order valence-corrected chi connectivity index (χ0v) is 8.91. The van der Waals surface area contributed by atoms with E-state index in [-0.39, 0.29) is 0 Å². The van der Waals surface area contributed by atoms with Crippen molar-refractivity contribution in [3.05, 3.63) is 44.8 Å². The highest BCUT2D eigenvalue weighted by atomic mass is 32.1. The van der Waals surface area contributed by atoms with Gasteiger partial charge in [0.15, 0.2) is 0 Å². The van der Waals surface area contributed by atoms with Gasteiger partial charge in [0, 0.05) is 0 Å². The van der Waals surface area contributed by atoms with E-state index in [4.69, 9.17) is 0 Å². The Bertz CT molecular complexity index is 247. The predicted molar refractivity (Wildman–Crippen MR) is 58.1 cm³/mol. The number of thiophene rings is 2. The highest BCUT2D eigenvalue weighted by Crippen LogP contribution is 2.02. The van der Waals surface area contributed by atoms with Crippen molar-refractivity contribution in [3.63, 3.8) is 0 Å². The lowest BCUT2D eigenvalue weighted by molar-refractivity contribution is 1.56. The molecule has 2 heterocycles. The maximum absolute atomic E-state index is 2.12. The topological polar surface area (TPSA) is 0 Å². The molecule has 0 nitrogen and oxygen atoms in total. The van der Waals surface area contributed by atoms with E-state index in [1.54, 1.807) is 22.7 Å². The summed E-state index contributed by atoms with van der Waals surface area (Å²) >= 11 is 3.48. The third kappa shape index (κ3) is 3.69. The summed E-state index contributed by atoms with van der Waals surface area (Å²) in [5.74, 6) is 0. The molecule has 0 amide bonds. The second-order valence-electron chi connectivity index (χ2n) is 2.60. The molecule has 2 aromatic heterocycles. The van der Waals surface area contributed by atoms with E-state index in [9.17, 15) is 0 Å². The van der Waals surface area contributed by atoms with Crippen molar-refractivity contribution in [1.29, 1.82) is 0 Å². The Labute approximate surface area is 81.5 Å². The third-order valence-corrected chi connectivity index (χ3v) is 2.93. The van der Waals surface area contributed by atoms with Gasteiger partial charge in [-0.05, 0) is 58.6 Å². The summed E-state index contributed by atoms with van der Waals surface area (Å²) in [6.45, 7) is 4.19. The first kappa shape index (κ1) is 9.49. The van der Waals surface area contributed by atoms with Gasteiger partial charge < -0.3 is 0 Å². The van der Waals surface area contributed by atoms with Crippen LogP contribution in [-0.4, -0.2) is 0 Å². The highest BCUT2D eigenvalue weighted by molar-refractivity contribution is 7.08. The molecule has 0 saturated carbocycles. The van der Waals surface area contributed by atoms with E-state index in [1.165, 1.54) is 11.1 Å². The lowest BCUT2D eigenvalue weighted by atomic mass is 10.4. The first-order valence-corrected chi connectivity index (χ1v) is 5.65. The minimum Gasteiger partial charge on any atom is -0.152 e. The second-order valence-corrected chi connectivity index (χ2v) is 4.16. The van der Waals surface area contributed by atoms with Crippen molar-refractivity contribution in [2.45, 2.75) is 13.8 Å². The van der Waals surface area contributed by atoms with Gasteiger partial charge in [0.25, 0.3) is 0 Å². The Morgan fingerprint density at radius 1 is 0.833 bits per heavy atom. The molecule has 0 aliphatic heterocycles. The van der Waals surface area contributed by atoms with Gasteiger partial charge in [-0.1, -0.05) is 0 Å². The van der Waals surface area contributed by atoms with Crippen LogP contribution < -0.4 is 0 Å². The van der Waals surface area contributed by atoms with Crippen molar-refractivity contribution in [2.24, 2.45) is 0 Å². The minimum atomic E-state index is 1.36. The summed E-state index contributed by atoms with van der Waals surface area (Å²) in [6, 6.07) is 4.20. The van der Waals surface area contributed by atoms with Crippen LogP contribution in [0.5, 0.6) is 0 Å². The fourth-order valence-corrected chi connectivity index (χ4v) is 2.00. The SMILES string of the molecule is Cc1ccsc1.Cc1ccsc1. The molecule has 2 aromatic rings. The second kappa shape index (κ2) is 5.12. The molecular weight excluding hydrogens is 184 g/mol. The van der Waals surface area contributed by atoms with Gasteiger partial charge in [-0.3, -0.25) is 0 Å². The number of aryl methyl sites for hydroxylation is 2. The molecule has 12 heavy (non-hydrogen) atoms. The van der Waals surface area contributed by atoms with Crippen LogP contribution in [0.2, 0.25) is 0 Å². The minimum absolute atomic E-state index is 1.36. The summed E-state index contributed by atoms with van der Waals surface area (Å²) in [6.07, 6.45) is 0. The smallest absolute Gasteiger partial charge is 0.00641 e. The highest BCUT2D eigenvalue weighted by Gasteiger charge is 1.75. The lowest BCUT2D eigenvalue weighted by Gasteiger charge is -1.65. The summed E-state index contributed by atoms with van der Waals surface area (Å²) in [7, 11) is 0. The van der Waals surface area contributed by atoms with Crippen LogP contribution >= 0.6 is 22.7 Å². The largest absolute Gasteiger partial charge is 0.152 e. The molecule has 0 fully saturated rings. The zero-order valence-electron chi connectivity index (χ0n) is 7.28. The van der Waals surface area contributed by atoms with Crippen molar-refractivity contribution in [3.8, 4) is 0 Å². The van der Waals surface area contributed by atoms with Gasteiger partial charge in [-0.25, -0.2) is 0 Å². The Morgan fingerprint density at radius 2 is 1.25 bits per heavy atom. The predicted octanol–water partition coefficient (Wildman–Crippen LogP) is 4.11. The molecule has 64 valence electrons. The molecule has 0 bridgehead atoms. The molecule has 0 N–H and O–H groups in total. The molecule has 0 radical (unpaired) electrons. The Kier molecular flexibility index (Phi) is 4.05. The zero-order chi connectivity index (χ0) is 8.81. The number of rotatable bonds is 0. The van der Waals surface area contributed by atoms with E-state index in [1.807, 2.05) is 0 Å². The molecule has 2 heteroatoms. The van der Waals surface area contributed by atoms with Crippen LogP contribution in [0.15, 0.2) is 33.7 Å². The van der Waals surface area contributed by atoms with E-state index in [0.29, 0.717) is 0 Å². The Hall–Kier alpha value is -0.600. The first-order chi connectivity index (χ1) is 5.79. The maximum Gasteiger partial charge on any atom is -0.00641 e. The quantitative estimate of drug-likeness (QED) is 0.595. The third-order valence-electron chi connectivity index (χ3n) is 1.33. The normalized spacial score (nSPS) is 8.83. The average Bonchev–Trinajstić information content (AvgIpc) is 2.63.